The minimum absolute atomic E-state index is 0.0162. The van der Waals surface area contributed by atoms with Gasteiger partial charge in [0.05, 0.1) is 5.38 Å². The minimum atomic E-state index is 0.0162. The summed E-state index contributed by atoms with van der Waals surface area (Å²) < 4.78 is 0. The fourth-order valence-electron chi connectivity index (χ4n) is 5.12. The Morgan fingerprint density at radius 2 is 2.00 bits per heavy atom. The van der Waals surface area contributed by atoms with Crippen LogP contribution in [0.2, 0.25) is 0 Å². The fraction of sp³-hybridized carbons (Fsp3) is 0.429. The number of benzene rings is 1. The number of piperidine rings is 1. The molecule has 0 spiro atoms. The number of hydrogen-bond donors (Lipinski definition) is 1. The molecule has 0 amide bonds. The molecule has 0 saturated carbocycles. The summed E-state index contributed by atoms with van der Waals surface area (Å²) >= 11 is 6.46. The zero-order chi connectivity index (χ0) is 16.3. The maximum atomic E-state index is 6.46. The highest BCUT2D eigenvalue weighted by atomic mass is 35.5. The monoisotopic (exact) mass is 338 g/mol. The Labute approximate surface area is 148 Å². The fourth-order valence-corrected chi connectivity index (χ4v) is 5.32. The van der Waals surface area contributed by atoms with Crippen LogP contribution >= 0.6 is 11.6 Å². The highest BCUT2D eigenvalue weighted by Crippen LogP contribution is 2.60. The van der Waals surface area contributed by atoms with Crippen LogP contribution in [0, 0.1) is 0 Å². The quantitative estimate of drug-likeness (QED) is 0.834. The first kappa shape index (κ1) is 14.9. The van der Waals surface area contributed by atoms with Crippen molar-refractivity contribution in [1.29, 1.82) is 0 Å². The lowest BCUT2D eigenvalue weighted by atomic mass is 9.72. The summed E-state index contributed by atoms with van der Waals surface area (Å²) in [5.41, 5.74) is 13.6. The van der Waals surface area contributed by atoms with Gasteiger partial charge in [0.2, 0.25) is 0 Å². The highest BCUT2D eigenvalue weighted by Gasteiger charge is 2.52. The molecule has 5 rings (SSSR count). The predicted octanol–water partition coefficient (Wildman–Crippen LogP) is 3.62. The van der Waals surface area contributed by atoms with Gasteiger partial charge in [-0.15, -0.1) is 11.6 Å². The number of hydrogen-bond acceptors (Lipinski definition) is 2. The van der Waals surface area contributed by atoms with Gasteiger partial charge in [-0.2, -0.15) is 0 Å². The third-order valence-electron chi connectivity index (χ3n) is 6.28. The van der Waals surface area contributed by atoms with Crippen LogP contribution < -0.4 is 5.73 Å². The van der Waals surface area contributed by atoms with Crippen molar-refractivity contribution >= 4 is 17.2 Å². The number of nitrogens with zero attached hydrogens (tertiary/aromatic N) is 1. The van der Waals surface area contributed by atoms with Gasteiger partial charge in [0.15, 0.2) is 0 Å². The zero-order valence-corrected chi connectivity index (χ0v) is 14.6. The Morgan fingerprint density at radius 1 is 1.21 bits per heavy atom. The van der Waals surface area contributed by atoms with Gasteiger partial charge in [0, 0.05) is 18.0 Å². The van der Waals surface area contributed by atoms with Gasteiger partial charge in [-0.3, -0.25) is 0 Å². The number of likely N-dealkylation sites (tertiary alicyclic amines) is 1. The minimum Gasteiger partial charge on any atom is -0.328 e. The average Bonchev–Trinajstić information content (AvgIpc) is 3.09. The van der Waals surface area contributed by atoms with Crippen molar-refractivity contribution in [2.75, 3.05) is 19.6 Å². The van der Waals surface area contributed by atoms with Crippen molar-refractivity contribution in [1.82, 2.24) is 4.90 Å². The van der Waals surface area contributed by atoms with E-state index in [0.717, 1.165) is 38.9 Å². The van der Waals surface area contributed by atoms with Crippen LogP contribution in [0.4, 0.5) is 0 Å². The topological polar surface area (TPSA) is 29.3 Å². The lowest BCUT2D eigenvalue weighted by molar-refractivity contribution is 0.183. The first-order chi connectivity index (χ1) is 11.7. The molecule has 0 radical (unpaired) electrons. The molecule has 1 saturated heterocycles. The van der Waals surface area contributed by atoms with Gasteiger partial charge in [-0.25, -0.2) is 0 Å². The summed E-state index contributed by atoms with van der Waals surface area (Å²) in [5.74, 6) is 0. The van der Waals surface area contributed by atoms with E-state index in [1.165, 1.54) is 27.8 Å². The molecule has 1 heterocycles. The molecular formula is C21H23ClN2. The van der Waals surface area contributed by atoms with E-state index in [1.807, 2.05) is 0 Å². The number of nitrogens with two attached hydrogens (primary N) is 1. The largest absolute Gasteiger partial charge is 0.328 e. The molecule has 1 aromatic rings. The number of fused-ring (bicyclic) bond motifs is 7. The molecule has 1 aromatic carbocycles. The van der Waals surface area contributed by atoms with Crippen LogP contribution in [0.3, 0.4) is 0 Å². The van der Waals surface area contributed by atoms with Crippen LogP contribution in [-0.2, 0) is 5.41 Å². The third kappa shape index (κ3) is 2.03. The van der Waals surface area contributed by atoms with Gasteiger partial charge in [-0.1, -0.05) is 42.5 Å². The second-order valence-electron chi connectivity index (χ2n) is 7.69. The van der Waals surface area contributed by atoms with Gasteiger partial charge in [0.25, 0.3) is 0 Å². The molecule has 1 aliphatic heterocycles. The van der Waals surface area contributed by atoms with Crippen LogP contribution in [0.15, 0.2) is 53.6 Å². The molecule has 1 fully saturated rings. The molecule has 2 nitrogen and oxygen atoms in total. The van der Waals surface area contributed by atoms with Crippen molar-refractivity contribution in [3.05, 3.63) is 64.8 Å². The number of alkyl halides is 1. The van der Waals surface area contributed by atoms with E-state index < -0.39 is 0 Å². The second kappa shape index (κ2) is 5.32. The Bertz CT molecular complexity index is 783. The standard InChI is InChI=1S/C21H23ClN2/c22-14-5-6-17-18-12-21(20(17)11-14,19-4-2-1-3-16(18)19)13-24-9-7-15(23)8-10-24/h1-6,11,14-15H,7-10,12-13,23H2. The first-order valence-electron chi connectivity index (χ1n) is 9.03. The average molecular weight is 339 g/mol. The summed E-state index contributed by atoms with van der Waals surface area (Å²) in [6.45, 7) is 3.32. The summed E-state index contributed by atoms with van der Waals surface area (Å²) in [4.78, 5) is 2.62. The van der Waals surface area contributed by atoms with Gasteiger partial charge in [-0.05, 0) is 60.2 Å². The summed E-state index contributed by atoms with van der Waals surface area (Å²) in [5, 5.41) is 0.0162. The smallest absolute Gasteiger partial charge is 0.0706 e. The van der Waals surface area contributed by atoms with E-state index in [2.05, 4.69) is 47.4 Å². The highest BCUT2D eigenvalue weighted by molar-refractivity contribution is 6.23. The molecule has 24 heavy (non-hydrogen) atoms. The Kier molecular flexibility index (Phi) is 3.31. The van der Waals surface area contributed by atoms with Crippen LogP contribution in [0.25, 0.3) is 5.57 Å². The molecule has 3 aliphatic carbocycles. The molecular weight excluding hydrogens is 316 g/mol. The van der Waals surface area contributed by atoms with Crippen molar-refractivity contribution in [2.45, 2.75) is 36.1 Å². The Balaban J connectivity index is 1.59. The normalized spacial score (nSPS) is 32.1. The molecule has 2 bridgehead atoms. The van der Waals surface area contributed by atoms with E-state index in [1.54, 1.807) is 0 Å². The lowest BCUT2D eigenvalue weighted by Crippen LogP contribution is -2.46. The van der Waals surface area contributed by atoms with E-state index >= 15 is 0 Å². The molecule has 0 aromatic heterocycles. The summed E-state index contributed by atoms with van der Waals surface area (Å²) in [7, 11) is 0. The van der Waals surface area contributed by atoms with Crippen LogP contribution in [0.5, 0.6) is 0 Å². The maximum absolute atomic E-state index is 6.46. The number of halogens is 1. The first-order valence-corrected chi connectivity index (χ1v) is 9.47. The van der Waals surface area contributed by atoms with E-state index in [9.17, 15) is 0 Å². The van der Waals surface area contributed by atoms with Crippen LogP contribution in [-0.4, -0.2) is 36.0 Å². The molecule has 2 unspecified atom stereocenters. The van der Waals surface area contributed by atoms with Gasteiger partial charge >= 0.3 is 0 Å². The molecule has 4 aliphatic rings. The molecule has 2 atom stereocenters. The Morgan fingerprint density at radius 3 is 2.83 bits per heavy atom. The SMILES string of the molecule is NC1CCN(CC23CC(=C4C=CC(Cl)C=C42)c2ccccc23)CC1. The summed E-state index contributed by atoms with van der Waals surface area (Å²) in [6.07, 6.45) is 10.0. The molecule has 2 N–H and O–H groups in total. The van der Waals surface area contributed by atoms with E-state index in [4.69, 9.17) is 17.3 Å². The molecule has 124 valence electrons. The molecule has 3 heteroatoms. The third-order valence-corrected chi connectivity index (χ3v) is 6.55. The van der Waals surface area contributed by atoms with Crippen molar-refractivity contribution in [3.8, 4) is 0 Å². The Hall–Kier alpha value is -1.35. The van der Waals surface area contributed by atoms with Crippen molar-refractivity contribution < 1.29 is 0 Å². The predicted molar refractivity (Wildman–Crippen MR) is 100 cm³/mol. The maximum Gasteiger partial charge on any atom is 0.0706 e. The van der Waals surface area contributed by atoms with Gasteiger partial charge < -0.3 is 10.6 Å². The van der Waals surface area contributed by atoms with E-state index in [-0.39, 0.29) is 10.8 Å². The number of rotatable bonds is 2. The van der Waals surface area contributed by atoms with Gasteiger partial charge in [0.1, 0.15) is 0 Å². The van der Waals surface area contributed by atoms with E-state index in [0.29, 0.717) is 6.04 Å². The van der Waals surface area contributed by atoms with Crippen LogP contribution in [0.1, 0.15) is 30.4 Å². The van der Waals surface area contributed by atoms with Crippen molar-refractivity contribution in [3.63, 3.8) is 0 Å². The lowest BCUT2D eigenvalue weighted by Gasteiger charge is -2.40. The van der Waals surface area contributed by atoms with Crippen molar-refractivity contribution in [2.24, 2.45) is 5.73 Å². The summed E-state index contributed by atoms with van der Waals surface area (Å²) in [6, 6.07) is 9.36. The second-order valence-corrected chi connectivity index (χ2v) is 8.20. The zero-order valence-electron chi connectivity index (χ0n) is 13.8. The number of allylic oxidation sites excluding steroid dienone is 5.